The number of ether oxygens (including phenoxy) is 6. The molecule has 308 valence electrons. The number of oxime groups is 1. The predicted octanol–water partition coefficient (Wildman–Crippen LogP) is 3.23. The molecule has 2 bridgehead atoms. The van der Waals surface area contributed by atoms with Gasteiger partial charge in [0.2, 0.25) is 0 Å². The molecule has 55 heavy (non-hydrogen) atoms. The van der Waals surface area contributed by atoms with Gasteiger partial charge in [0, 0.05) is 30.0 Å². The van der Waals surface area contributed by atoms with Gasteiger partial charge < -0.3 is 54.3 Å². The average Bonchev–Trinajstić information content (AvgIpc) is 3.46. The molecule has 1 amide bonds. The number of Topliss-reactive ketones (excluding diaryl/α,β-unsaturated/α-hetero) is 1. The Morgan fingerprint density at radius 2 is 1.84 bits per heavy atom. The maximum atomic E-state index is 14.4. The predicted molar refractivity (Wildman–Crippen MR) is 201 cm³/mol. The van der Waals surface area contributed by atoms with Crippen molar-refractivity contribution in [2.45, 2.75) is 141 Å². The lowest BCUT2D eigenvalue weighted by Crippen LogP contribution is -2.60. The molecule has 14 atom stereocenters. The molecule has 0 aliphatic carbocycles. The molecular weight excluding hydrogens is 714 g/mol. The number of nitrogens with two attached hydrogens (primary N) is 1. The van der Waals surface area contributed by atoms with E-state index in [0.717, 1.165) is 5.56 Å². The molecule has 4 saturated heterocycles. The fraction of sp³-hybridized carbons (Fsp3) is 0.769. The Kier molecular flexibility index (Phi) is 13.5. The van der Waals surface area contributed by atoms with Gasteiger partial charge >= 0.3 is 12.1 Å². The van der Waals surface area contributed by atoms with Crippen LogP contribution in [0.1, 0.15) is 80.2 Å². The number of fused-ring (bicyclic) bond motifs is 4. The van der Waals surface area contributed by atoms with Gasteiger partial charge in [0.05, 0.1) is 49.1 Å². The van der Waals surface area contributed by atoms with Crippen LogP contribution in [-0.2, 0) is 49.5 Å². The Hall–Kier alpha value is -3.41. The first-order valence-corrected chi connectivity index (χ1v) is 19.4. The van der Waals surface area contributed by atoms with Crippen molar-refractivity contribution in [3.05, 3.63) is 23.9 Å². The number of hydrogen-bond donors (Lipinski definition) is 3. The van der Waals surface area contributed by atoms with Crippen LogP contribution in [0.2, 0.25) is 0 Å². The zero-order valence-corrected chi connectivity index (χ0v) is 33.9. The number of aliphatic hydroxyl groups excluding tert-OH is 1. The fourth-order valence-corrected chi connectivity index (χ4v) is 8.88. The minimum Gasteiger partial charge on any atom is -0.458 e. The number of cyclic esters (lactones) is 1. The molecule has 16 nitrogen and oxygen atoms in total. The number of nitrogens with zero attached hydrogens (tertiary/aromatic N) is 3. The summed E-state index contributed by atoms with van der Waals surface area (Å²) in [5.74, 6) is -3.22. The minimum absolute atomic E-state index is 0.0692. The molecule has 4 fully saturated rings. The van der Waals surface area contributed by atoms with Crippen LogP contribution in [0.25, 0.3) is 0 Å². The van der Waals surface area contributed by atoms with Gasteiger partial charge in [0.15, 0.2) is 11.9 Å². The van der Waals surface area contributed by atoms with E-state index in [9.17, 15) is 19.5 Å². The number of alkyl carbamates (subject to hydrolysis) is 1. The number of ketones is 1. The second kappa shape index (κ2) is 17.4. The van der Waals surface area contributed by atoms with Crippen molar-refractivity contribution < 1.29 is 52.7 Å². The smallest absolute Gasteiger partial charge is 0.408 e. The third-order valence-corrected chi connectivity index (χ3v) is 11.9. The maximum absolute atomic E-state index is 14.4. The highest BCUT2D eigenvalue weighted by atomic mass is 16.7. The summed E-state index contributed by atoms with van der Waals surface area (Å²) in [5.41, 5.74) is 4.42. The summed E-state index contributed by atoms with van der Waals surface area (Å²) in [4.78, 5) is 53.2. The lowest BCUT2D eigenvalue weighted by molar-refractivity contribution is -0.302. The second-order valence-electron chi connectivity index (χ2n) is 16.5. The van der Waals surface area contributed by atoms with Crippen LogP contribution in [0.4, 0.5) is 10.6 Å². The van der Waals surface area contributed by atoms with Gasteiger partial charge in [0.1, 0.15) is 36.1 Å². The van der Waals surface area contributed by atoms with Crippen molar-refractivity contribution in [1.82, 2.24) is 15.2 Å². The highest BCUT2D eigenvalue weighted by Gasteiger charge is 2.57. The third-order valence-electron chi connectivity index (χ3n) is 11.9. The van der Waals surface area contributed by atoms with E-state index in [2.05, 4.69) is 15.5 Å². The second-order valence-corrected chi connectivity index (χ2v) is 16.5. The molecule has 4 aliphatic heterocycles. The quantitative estimate of drug-likeness (QED) is 0.269. The average molecular weight is 776 g/mol. The molecule has 0 unspecified atom stereocenters. The Balaban J connectivity index is 1.59. The number of aliphatic hydroxyl groups is 1. The number of esters is 1. The molecule has 5 rings (SSSR count). The van der Waals surface area contributed by atoms with Crippen LogP contribution in [0.15, 0.2) is 23.5 Å². The number of nitrogens with one attached hydrogen (secondary N) is 1. The molecule has 1 aromatic rings. The summed E-state index contributed by atoms with van der Waals surface area (Å²) in [6, 6.07) is 2.41. The summed E-state index contributed by atoms with van der Waals surface area (Å²) >= 11 is 0. The molecule has 5 heterocycles. The molecule has 4 aliphatic rings. The van der Waals surface area contributed by atoms with Crippen molar-refractivity contribution in [1.29, 1.82) is 0 Å². The summed E-state index contributed by atoms with van der Waals surface area (Å²) in [6.07, 6.45) is -3.01. The first kappa shape index (κ1) is 42.7. The largest absolute Gasteiger partial charge is 0.458 e. The monoisotopic (exact) mass is 775 g/mol. The Bertz CT molecular complexity index is 1560. The van der Waals surface area contributed by atoms with Gasteiger partial charge in [-0.3, -0.25) is 9.59 Å². The SMILES string of the molecule is CC[C@H]1OC(=O)[C@H](C)[C@H]2OC/C(=N\OCc3ccnc(N)c3)CO[C@](C)(C[C@@H](C)C(=O)[C@H](C)[C@H]3NC(=O)O[C@@]31C)[C@H](O[C@@H]1O[C@H](C)C[C@H](N(C)C)[C@H]1O)[C@H]2C. The van der Waals surface area contributed by atoms with Crippen molar-refractivity contribution in [3.63, 3.8) is 0 Å². The van der Waals surface area contributed by atoms with E-state index < -0.39 is 83.7 Å². The van der Waals surface area contributed by atoms with Crippen molar-refractivity contribution in [3.8, 4) is 0 Å². The van der Waals surface area contributed by atoms with E-state index in [1.165, 1.54) is 0 Å². The van der Waals surface area contributed by atoms with Crippen LogP contribution < -0.4 is 11.1 Å². The highest BCUT2D eigenvalue weighted by molar-refractivity contribution is 5.87. The summed E-state index contributed by atoms with van der Waals surface area (Å²) in [6.45, 7) is 14.5. The van der Waals surface area contributed by atoms with E-state index >= 15 is 0 Å². The van der Waals surface area contributed by atoms with Crippen molar-refractivity contribution >= 4 is 29.4 Å². The molecule has 4 N–H and O–H groups in total. The summed E-state index contributed by atoms with van der Waals surface area (Å²) in [5, 5.41) is 18.9. The number of hydrogen-bond acceptors (Lipinski definition) is 15. The Labute approximate surface area is 324 Å². The van der Waals surface area contributed by atoms with Gasteiger partial charge in [-0.05, 0) is 78.7 Å². The van der Waals surface area contributed by atoms with E-state index in [-0.39, 0.29) is 44.2 Å². The van der Waals surface area contributed by atoms with Gasteiger partial charge in [-0.25, -0.2) is 9.78 Å². The topological polar surface area (TPSA) is 203 Å². The van der Waals surface area contributed by atoms with Crippen LogP contribution in [-0.4, -0.2) is 126 Å². The molecule has 0 spiro atoms. The molecular formula is C39H61N5O11. The number of carbonyl (C=O) groups excluding carboxylic acids is 3. The van der Waals surface area contributed by atoms with Crippen LogP contribution in [0.3, 0.4) is 0 Å². The third kappa shape index (κ3) is 9.26. The number of carbonyl (C=O) groups is 3. The molecule has 1 aromatic heterocycles. The van der Waals surface area contributed by atoms with Gasteiger partial charge in [-0.1, -0.05) is 32.9 Å². The number of likely N-dealkylation sites (N-methyl/N-ethyl adjacent to an activating group) is 1. The maximum Gasteiger partial charge on any atom is 0.408 e. The van der Waals surface area contributed by atoms with E-state index in [0.29, 0.717) is 24.4 Å². The van der Waals surface area contributed by atoms with Gasteiger partial charge in [-0.15, -0.1) is 0 Å². The first-order chi connectivity index (χ1) is 25.9. The number of nitrogen functional groups attached to an aromatic ring is 1. The lowest BCUT2D eigenvalue weighted by atomic mass is 9.73. The van der Waals surface area contributed by atoms with Crippen molar-refractivity contribution in [2.75, 3.05) is 33.0 Å². The molecule has 0 saturated carbocycles. The molecule has 0 aromatic carbocycles. The van der Waals surface area contributed by atoms with Crippen LogP contribution in [0, 0.1) is 23.7 Å². The molecule has 0 radical (unpaired) electrons. The van der Waals surface area contributed by atoms with Gasteiger partial charge in [-0.2, -0.15) is 0 Å². The van der Waals surface area contributed by atoms with Gasteiger partial charge in [0.25, 0.3) is 0 Å². The first-order valence-electron chi connectivity index (χ1n) is 19.4. The normalized spacial score (nSPS) is 41.3. The number of aromatic nitrogens is 1. The highest BCUT2D eigenvalue weighted by Crippen LogP contribution is 2.42. The summed E-state index contributed by atoms with van der Waals surface area (Å²) in [7, 11) is 3.79. The number of anilines is 1. The number of rotatable bonds is 7. The van der Waals surface area contributed by atoms with Crippen LogP contribution >= 0.6 is 0 Å². The van der Waals surface area contributed by atoms with Crippen LogP contribution in [0.5, 0.6) is 0 Å². The van der Waals surface area contributed by atoms with E-state index in [1.54, 1.807) is 39.1 Å². The summed E-state index contributed by atoms with van der Waals surface area (Å²) < 4.78 is 38.6. The van der Waals surface area contributed by atoms with E-state index in [4.69, 9.17) is 39.0 Å². The number of pyridine rings is 1. The molecule has 16 heteroatoms. The minimum atomic E-state index is -1.33. The Morgan fingerprint density at radius 1 is 1.11 bits per heavy atom. The van der Waals surface area contributed by atoms with E-state index in [1.807, 2.05) is 53.6 Å². The lowest BCUT2D eigenvalue weighted by Gasteiger charge is -2.48. The zero-order chi connectivity index (χ0) is 40.4. The Morgan fingerprint density at radius 3 is 2.51 bits per heavy atom. The fourth-order valence-electron chi connectivity index (χ4n) is 8.88. The van der Waals surface area contributed by atoms with Crippen molar-refractivity contribution in [2.24, 2.45) is 28.8 Å². The standard InChI is InChI=1S/C39H61N5O11/c1-11-28-39(8)33(42-37(48)55-39)22(4)30(45)20(2)16-38(7)34(54-36-31(46)27(44(9)10)14-21(3)52-36)23(5)32(24(6)35(47)53-28)49-18-26(19-50-38)43-51-17-25-12-13-41-29(40)15-25/h12-13,15,20-24,27-28,31-34,36,46H,11,14,16-19H2,1-10H3,(H2,40,41)(H,42,48)/b43-26+/t20-,21-,22+,23+,24-,27+,28-,31-,32+,33-,34-,36+,38-,39-/m1/s1. The number of amides is 1. The zero-order valence-electron chi connectivity index (χ0n) is 33.9.